The highest BCUT2D eigenvalue weighted by atomic mass is 32.1. The van der Waals surface area contributed by atoms with Crippen LogP contribution in [0, 0.1) is 0 Å². The van der Waals surface area contributed by atoms with Gasteiger partial charge in [-0.15, -0.1) is 22.7 Å². The summed E-state index contributed by atoms with van der Waals surface area (Å²) in [5, 5.41) is 6.45. The average Bonchev–Trinajstić information content (AvgIpc) is 2.72. The van der Waals surface area contributed by atoms with Crippen molar-refractivity contribution in [3.63, 3.8) is 0 Å². The summed E-state index contributed by atoms with van der Waals surface area (Å²) >= 11 is 3.43. The van der Waals surface area contributed by atoms with Crippen molar-refractivity contribution in [3.8, 4) is 10.7 Å². The van der Waals surface area contributed by atoms with Gasteiger partial charge in [0.15, 0.2) is 0 Å². The van der Waals surface area contributed by atoms with E-state index in [1.54, 1.807) is 22.7 Å². The van der Waals surface area contributed by atoms with Crippen LogP contribution in [-0.2, 0) is 0 Å². The van der Waals surface area contributed by atoms with Crippen LogP contribution in [0.1, 0.15) is 23.8 Å². The summed E-state index contributed by atoms with van der Waals surface area (Å²) in [6.45, 7) is 0. The number of hydrogen-bond acceptors (Lipinski definition) is 4. The van der Waals surface area contributed by atoms with Crippen LogP contribution in [0.2, 0.25) is 0 Å². The molecule has 2 aromatic rings. The van der Waals surface area contributed by atoms with Gasteiger partial charge in [-0.1, -0.05) is 0 Å². The highest BCUT2D eigenvalue weighted by Gasteiger charge is 2.26. The Morgan fingerprint density at radius 1 is 1.31 bits per heavy atom. The number of hydrogen-bond donors (Lipinski definition) is 0. The summed E-state index contributed by atoms with van der Waals surface area (Å²) in [6, 6.07) is 0. The molecule has 3 rings (SSSR count). The van der Waals surface area contributed by atoms with E-state index in [1.807, 2.05) is 11.6 Å². The second-order valence-electron chi connectivity index (χ2n) is 3.18. The zero-order valence-electron chi connectivity index (χ0n) is 6.93. The fourth-order valence-corrected chi connectivity index (χ4v) is 2.90. The summed E-state index contributed by atoms with van der Waals surface area (Å²) in [5.41, 5.74) is 1.06. The van der Waals surface area contributed by atoms with Crippen molar-refractivity contribution in [1.82, 2.24) is 9.97 Å². The van der Waals surface area contributed by atoms with Gasteiger partial charge in [0, 0.05) is 22.9 Å². The lowest BCUT2D eigenvalue weighted by Gasteiger charge is -1.86. The minimum Gasteiger partial charge on any atom is -0.243 e. The van der Waals surface area contributed by atoms with Crippen molar-refractivity contribution in [2.75, 3.05) is 0 Å². The highest BCUT2D eigenvalue weighted by molar-refractivity contribution is 7.14. The first-order valence-corrected chi connectivity index (χ1v) is 6.05. The van der Waals surface area contributed by atoms with Crippen LogP contribution in [0.3, 0.4) is 0 Å². The van der Waals surface area contributed by atoms with Crippen LogP contribution in [0.25, 0.3) is 10.7 Å². The second-order valence-corrected chi connectivity index (χ2v) is 4.97. The van der Waals surface area contributed by atoms with E-state index in [1.165, 1.54) is 17.8 Å². The van der Waals surface area contributed by atoms with Crippen LogP contribution < -0.4 is 0 Å². The molecular weight excluding hydrogens is 200 g/mol. The minimum absolute atomic E-state index is 0.763. The zero-order chi connectivity index (χ0) is 8.67. The standard InChI is InChI=1S/C9H8N2S2/c1-2-6(1)8-11-7(5-13-8)9-10-3-4-12-9/h3-6H,1-2H2. The molecule has 1 saturated carbocycles. The summed E-state index contributed by atoms with van der Waals surface area (Å²) in [4.78, 5) is 8.82. The van der Waals surface area contributed by atoms with Gasteiger partial charge in [0.1, 0.15) is 10.7 Å². The predicted molar refractivity (Wildman–Crippen MR) is 55.2 cm³/mol. The lowest BCUT2D eigenvalue weighted by molar-refractivity contribution is 1.08. The van der Waals surface area contributed by atoms with E-state index >= 15 is 0 Å². The number of nitrogens with zero attached hydrogens (tertiary/aromatic N) is 2. The SMILES string of the molecule is c1csc(-c2csc(C3CC3)n2)n1. The smallest absolute Gasteiger partial charge is 0.142 e. The predicted octanol–water partition coefficient (Wildman–Crippen LogP) is 3.14. The van der Waals surface area contributed by atoms with Gasteiger partial charge < -0.3 is 0 Å². The lowest BCUT2D eigenvalue weighted by atomic mass is 10.4. The average molecular weight is 208 g/mol. The molecule has 0 atom stereocenters. The first-order chi connectivity index (χ1) is 6.43. The fourth-order valence-electron chi connectivity index (χ4n) is 1.25. The van der Waals surface area contributed by atoms with Crippen molar-refractivity contribution >= 4 is 22.7 Å². The Bertz CT molecular complexity index is 401. The van der Waals surface area contributed by atoms with Crippen molar-refractivity contribution in [3.05, 3.63) is 22.0 Å². The number of rotatable bonds is 2. The van der Waals surface area contributed by atoms with E-state index < -0.39 is 0 Å². The van der Waals surface area contributed by atoms with E-state index in [-0.39, 0.29) is 0 Å². The third-order valence-electron chi connectivity index (χ3n) is 2.10. The normalized spacial score (nSPS) is 16.3. The third-order valence-corrected chi connectivity index (χ3v) is 3.90. The van der Waals surface area contributed by atoms with Gasteiger partial charge in [-0.25, -0.2) is 9.97 Å². The van der Waals surface area contributed by atoms with Gasteiger partial charge in [0.25, 0.3) is 0 Å². The molecule has 0 N–H and O–H groups in total. The van der Waals surface area contributed by atoms with Crippen molar-refractivity contribution in [2.45, 2.75) is 18.8 Å². The molecule has 1 aliphatic rings. The third kappa shape index (κ3) is 1.40. The molecule has 13 heavy (non-hydrogen) atoms. The molecule has 0 aromatic carbocycles. The monoisotopic (exact) mass is 208 g/mol. The van der Waals surface area contributed by atoms with Crippen molar-refractivity contribution in [1.29, 1.82) is 0 Å². The quantitative estimate of drug-likeness (QED) is 0.757. The molecular formula is C9H8N2S2. The molecule has 1 fully saturated rings. The Kier molecular flexibility index (Phi) is 1.70. The number of thiazole rings is 2. The van der Waals surface area contributed by atoms with Crippen LogP contribution in [0.4, 0.5) is 0 Å². The van der Waals surface area contributed by atoms with Gasteiger partial charge >= 0.3 is 0 Å². The van der Waals surface area contributed by atoms with Crippen LogP contribution in [-0.4, -0.2) is 9.97 Å². The van der Waals surface area contributed by atoms with E-state index in [0.29, 0.717) is 0 Å². The Morgan fingerprint density at radius 2 is 2.23 bits per heavy atom. The largest absolute Gasteiger partial charge is 0.243 e. The van der Waals surface area contributed by atoms with Crippen LogP contribution in [0.15, 0.2) is 17.0 Å². The molecule has 2 nitrogen and oxygen atoms in total. The molecule has 4 heteroatoms. The van der Waals surface area contributed by atoms with Gasteiger partial charge in [-0.05, 0) is 12.8 Å². The fraction of sp³-hybridized carbons (Fsp3) is 0.333. The highest BCUT2D eigenvalue weighted by Crippen LogP contribution is 2.42. The Morgan fingerprint density at radius 3 is 2.92 bits per heavy atom. The Balaban J connectivity index is 1.97. The number of aromatic nitrogens is 2. The van der Waals surface area contributed by atoms with Gasteiger partial charge in [0.2, 0.25) is 0 Å². The van der Waals surface area contributed by atoms with Gasteiger partial charge in [0.05, 0.1) is 5.01 Å². The summed E-state index contributed by atoms with van der Waals surface area (Å²) < 4.78 is 0. The molecule has 0 bridgehead atoms. The molecule has 2 aromatic heterocycles. The van der Waals surface area contributed by atoms with Gasteiger partial charge in [-0.2, -0.15) is 0 Å². The molecule has 1 aliphatic carbocycles. The van der Waals surface area contributed by atoms with E-state index in [4.69, 9.17) is 0 Å². The Hall–Kier alpha value is -0.740. The molecule has 2 heterocycles. The summed E-state index contributed by atoms with van der Waals surface area (Å²) in [5.74, 6) is 0.763. The summed E-state index contributed by atoms with van der Waals surface area (Å²) in [7, 11) is 0. The molecule has 0 aliphatic heterocycles. The molecule has 0 radical (unpaired) electrons. The minimum atomic E-state index is 0.763. The first-order valence-electron chi connectivity index (χ1n) is 4.29. The van der Waals surface area contributed by atoms with E-state index in [2.05, 4.69) is 15.3 Å². The van der Waals surface area contributed by atoms with Gasteiger partial charge in [-0.3, -0.25) is 0 Å². The molecule has 0 spiro atoms. The second kappa shape index (κ2) is 2.89. The van der Waals surface area contributed by atoms with Crippen LogP contribution in [0.5, 0.6) is 0 Å². The first kappa shape index (κ1) is 7.64. The van der Waals surface area contributed by atoms with Crippen LogP contribution >= 0.6 is 22.7 Å². The Labute approximate surface area is 84.3 Å². The summed E-state index contributed by atoms with van der Waals surface area (Å²) in [6.07, 6.45) is 4.48. The maximum atomic E-state index is 4.58. The topological polar surface area (TPSA) is 25.8 Å². The molecule has 0 unspecified atom stereocenters. The van der Waals surface area contributed by atoms with E-state index in [9.17, 15) is 0 Å². The maximum Gasteiger partial charge on any atom is 0.142 e. The molecule has 0 saturated heterocycles. The van der Waals surface area contributed by atoms with E-state index in [0.717, 1.165) is 16.6 Å². The van der Waals surface area contributed by atoms with Crippen molar-refractivity contribution in [2.24, 2.45) is 0 Å². The zero-order valence-corrected chi connectivity index (χ0v) is 8.57. The van der Waals surface area contributed by atoms with Crippen molar-refractivity contribution < 1.29 is 0 Å². The molecule has 66 valence electrons. The maximum absolute atomic E-state index is 4.58. The molecule has 0 amide bonds. The lowest BCUT2D eigenvalue weighted by Crippen LogP contribution is -1.78.